The molecule has 0 aliphatic carbocycles. The van der Waals surface area contributed by atoms with Crippen molar-refractivity contribution >= 4 is 82.5 Å². The SMILES string of the molecule is c1cc(-c2cccc3oc4ccccc4c23)cc(N(c2ccc(-c3cccc4ccccc34)cc2)c2cccc3oc4c5ccccc5ccc4c23)c1. The van der Waals surface area contributed by atoms with E-state index < -0.39 is 0 Å². The second-order valence-electron chi connectivity index (χ2n) is 13.7. The van der Waals surface area contributed by atoms with E-state index in [1.54, 1.807) is 0 Å². The van der Waals surface area contributed by atoms with E-state index >= 15 is 0 Å². The molecule has 0 saturated heterocycles. The Morgan fingerprint density at radius 1 is 0.340 bits per heavy atom. The summed E-state index contributed by atoms with van der Waals surface area (Å²) in [6.45, 7) is 0. The van der Waals surface area contributed by atoms with Gasteiger partial charge in [-0.05, 0) is 93.0 Å². The molecule has 0 N–H and O–H groups in total. The van der Waals surface area contributed by atoms with Crippen LogP contribution in [0.4, 0.5) is 17.1 Å². The molecule has 0 unspecified atom stereocenters. The van der Waals surface area contributed by atoms with Gasteiger partial charge in [0, 0.05) is 32.9 Å². The smallest absolute Gasteiger partial charge is 0.143 e. The lowest BCUT2D eigenvalue weighted by Gasteiger charge is -2.27. The van der Waals surface area contributed by atoms with Crippen LogP contribution in [-0.2, 0) is 0 Å². The molecule has 248 valence electrons. The summed E-state index contributed by atoms with van der Waals surface area (Å²) in [4.78, 5) is 2.37. The number of hydrogen-bond donors (Lipinski definition) is 0. The summed E-state index contributed by atoms with van der Waals surface area (Å²) in [5.74, 6) is 0. The number of para-hydroxylation sites is 1. The summed E-state index contributed by atoms with van der Waals surface area (Å²) in [6.07, 6.45) is 0. The van der Waals surface area contributed by atoms with Crippen molar-refractivity contribution in [3.05, 3.63) is 188 Å². The molecular formula is C50H31NO2. The first kappa shape index (κ1) is 29.6. The molecule has 2 heterocycles. The van der Waals surface area contributed by atoms with Crippen molar-refractivity contribution in [3.8, 4) is 22.3 Å². The van der Waals surface area contributed by atoms with E-state index in [1.165, 1.54) is 21.9 Å². The van der Waals surface area contributed by atoms with Crippen LogP contribution in [0.3, 0.4) is 0 Å². The van der Waals surface area contributed by atoms with E-state index in [0.29, 0.717) is 0 Å². The summed E-state index contributed by atoms with van der Waals surface area (Å²) >= 11 is 0. The Morgan fingerprint density at radius 3 is 1.85 bits per heavy atom. The van der Waals surface area contributed by atoms with Gasteiger partial charge in [-0.3, -0.25) is 0 Å². The fourth-order valence-corrected chi connectivity index (χ4v) is 8.24. The van der Waals surface area contributed by atoms with E-state index in [0.717, 1.165) is 82.8 Å². The van der Waals surface area contributed by atoms with Gasteiger partial charge in [0.2, 0.25) is 0 Å². The predicted molar refractivity (Wildman–Crippen MR) is 222 cm³/mol. The van der Waals surface area contributed by atoms with E-state index in [2.05, 4.69) is 181 Å². The van der Waals surface area contributed by atoms with Gasteiger partial charge in [-0.1, -0.05) is 133 Å². The van der Waals surface area contributed by atoms with Crippen molar-refractivity contribution in [2.45, 2.75) is 0 Å². The third-order valence-electron chi connectivity index (χ3n) is 10.7. The van der Waals surface area contributed by atoms with E-state index in [4.69, 9.17) is 8.83 Å². The highest BCUT2D eigenvalue weighted by Crippen LogP contribution is 2.46. The molecule has 2 aromatic heterocycles. The van der Waals surface area contributed by atoms with Crippen molar-refractivity contribution in [3.63, 3.8) is 0 Å². The molecule has 0 aliphatic heterocycles. The normalized spacial score (nSPS) is 11.8. The van der Waals surface area contributed by atoms with Crippen LogP contribution in [0, 0.1) is 0 Å². The van der Waals surface area contributed by atoms with Crippen molar-refractivity contribution in [2.75, 3.05) is 4.90 Å². The molecule has 3 nitrogen and oxygen atoms in total. The van der Waals surface area contributed by atoms with Crippen LogP contribution in [-0.4, -0.2) is 0 Å². The number of fused-ring (bicyclic) bond motifs is 9. The Hall–Kier alpha value is -7.10. The molecule has 9 aromatic carbocycles. The Morgan fingerprint density at radius 2 is 0.981 bits per heavy atom. The van der Waals surface area contributed by atoms with E-state index in [-0.39, 0.29) is 0 Å². The first-order valence-corrected chi connectivity index (χ1v) is 18.0. The van der Waals surface area contributed by atoms with Crippen molar-refractivity contribution in [1.82, 2.24) is 0 Å². The first-order valence-electron chi connectivity index (χ1n) is 18.0. The van der Waals surface area contributed by atoms with Crippen LogP contribution in [0.2, 0.25) is 0 Å². The van der Waals surface area contributed by atoms with Gasteiger partial charge >= 0.3 is 0 Å². The lowest BCUT2D eigenvalue weighted by atomic mass is 9.97. The van der Waals surface area contributed by atoms with Crippen molar-refractivity contribution in [2.24, 2.45) is 0 Å². The lowest BCUT2D eigenvalue weighted by Crippen LogP contribution is -2.10. The average molecular weight is 678 g/mol. The zero-order chi connectivity index (χ0) is 34.9. The van der Waals surface area contributed by atoms with Crippen LogP contribution in [0.5, 0.6) is 0 Å². The highest BCUT2D eigenvalue weighted by atomic mass is 16.3. The zero-order valence-corrected chi connectivity index (χ0v) is 28.7. The summed E-state index contributed by atoms with van der Waals surface area (Å²) in [6, 6.07) is 66.8. The Balaban J connectivity index is 1.14. The minimum atomic E-state index is 0.858. The molecule has 0 radical (unpaired) electrons. The molecule has 0 bridgehead atoms. The molecule has 0 fully saturated rings. The molecular weight excluding hydrogens is 647 g/mol. The highest BCUT2D eigenvalue weighted by Gasteiger charge is 2.21. The Bertz CT molecular complexity index is 3180. The second kappa shape index (κ2) is 11.7. The van der Waals surface area contributed by atoms with Crippen LogP contribution in [0.25, 0.3) is 87.7 Å². The van der Waals surface area contributed by atoms with Gasteiger partial charge in [-0.25, -0.2) is 0 Å². The second-order valence-corrected chi connectivity index (χ2v) is 13.7. The van der Waals surface area contributed by atoms with Gasteiger partial charge in [0.05, 0.1) is 11.1 Å². The molecule has 3 heteroatoms. The fraction of sp³-hybridized carbons (Fsp3) is 0. The van der Waals surface area contributed by atoms with Crippen LogP contribution in [0.1, 0.15) is 0 Å². The monoisotopic (exact) mass is 677 g/mol. The Kier molecular flexibility index (Phi) is 6.55. The quantitative estimate of drug-likeness (QED) is 0.182. The number of hydrogen-bond acceptors (Lipinski definition) is 3. The van der Waals surface area contributed by atoms with Gasteiger partial charge in [0.25, 0.3) is 0 Å². The van der Waals surface area contributed by atoms with E-state index in [9.17, 15) is 0 Å². The molecule has 11 aromatic rings. The zero-order valence-electron chi connectivity index (χ0n) is 28.7. The fourth-order valence-electron chi connectivity index (χ4n) is 8.24. The largest absolute Gasteiger partial charge is 0.456 e. The summed E-state index contributed by atoms with van der Waals surface area (Å²) in [7, 11) is 0. The first-order chi connectivity index (χ1) is 26.3. The third-order valence-corrected chi connectivity index (χ3v) is 10.7. The van der Waals surface area contributed by atoms with Gasteiger partial charge in [0.1, 0.15) is 22.3 Å². The van der Waals surface area contributed by atoms with Crippen molar-refractivity contribution < 1.29 is 8.83 Å². The minimum Gasteiger partial charge on any atom is -0.456 e. The maximum absolute atomic E-state index is 6.68. The minimum absolute atomic E-state index is 0.858. The lowest BCUT2D eigenvalue weighted by molar-refractivity contribution is 0.669. The number of rotatable bonds is 5. The third kappa shape index (κ3) is 4.68. The van der Waals surface area contributed by atoms with Gasteiger partial charge < -0.3 is 13.7 Å². The molecule has 0 spiro atoms. The molecule has 0 amide bonds. The summed E-state index contributed by atoms with van der Waals surface area (Å²) in [5, 5.41) is 9.18. The molecule has 0 atom stereocenters. The number of benzene rings is 9. The van der Waals surface area contributed by atoms with Crippen LogP contribution < -0.4 is 4.90 Å². The topological polar surface area (TPSA) is 29.5 Å². The summed E-state index contributed by atoms with van der Waals surface area (Å²) < 4.78 is 13.0. The number of furan rings is 2. The van der Waals surface area contributed by atoms with Crippen LogP contribution >= 0.6 is 0 Å². The van der Waals surface area contributed by atoms with Gasteiger partial charge in [0.15, 0.2) is 0 Å². The number of nitrogens with zero attached hydrogens (tertiary/aromatic N) is 1. The van der Waals surface area contributed by atoms with Gasteiger partial charge in [-0.15, -0.1) is 0 Å². The summed E-state index contributed by atoms with van der Waals surface area (Å²) in [5.41, 5.74) is 11.4. The van der Waals surface area contributed by atoms with Crippen molar-refractivity contribution in [1.29, 1.82) is 0 Å². The van der Waals surface area contributed by atoms with Crippen LogP contribution in [0.15, 0.2) is 197 Å². The Labute approximate surface area is 305 Å². The maximum Gasteiger partial charge on any atom is 0.143 e. The standard InChI is InChI=1S/C50H31NO2/c1-3-16-38-32(11-1)13-8-19-39(38)34-25-28-36(29-26-34)51(44-21-10-24-47-49(44)43-30-27-33-12-2-4-17-41(33)50(43)53-47)37-15-7-14-35(31-37)40-20-9-23-46-48(40)42-18-5-6-22-45(42)52-46/h1-31H. The molecule has 53 heavy (non-hydrogen) atoms. The number of anilines is 3. The average Bonchev–Trinajstić information content (AvgIpc) is 3.81. The maximum atomic E-state index is 6.68. The predicted octanol–water partition coefficient (Wildman–Crippen LogP) is 14.6. The van der Waals surface area contributed by atoms with E-state index in [1.807, 2.05) is 12.1 Å². The molecule has 11 rings (SSSR count). The molecule has 0 aliphatic rings. The highest BCUT2D eigenvalue weighted by molar-refractivity contribution is 6.20. The van der Waals surface area contributed by atoms with Gasteiger partial charge in [-0.2, -0.15) is 0 Å². The molecule has 0 saturated carbocycles.